The normalized spacial score (nSPS) is 17.6. The van der Waals surface area contributed by atoms with Crippen LogP contribution < -0.4 is 5.32 Å². The molecule has 0 aliphatic carbocycles. The number of piperidine rings is 1. The topological polar surface area (TPSA) is 41.6 Å². The van der Waals surface area contributed by atoms with E-state index in [1.807, 2.05) is 6.92 Å². The van der Waals surface area contributed by atoms with Gasteiger partial charge in [0.2, 0.25) is 0 Å². The predicted molar refractivity (Wildman–Crippen MR) is 84.3 cm³/mol. The van der Waals surface area contributed by atoms with E-state index >= 15 is 0 Å². The highest BCUT2D eigenvalue weighted by molar-refractivity contribution is 5.67. The monoisotopic (exact) mass is 290 g/mol. The Morgan fingerprint density at radius 3 is 2.76 bits per heavy atom. The number of aryl methyl sites for hydroxylation is 1. The van der Waals surface area contributed by atoms with Gasteiger partial charge in [0, 0.05) is 25.2 Å². The zero-order chi connectivity index (χ0) is 15.2. The van der Waals surface area contributed by atoms with Crippen LogP contribution in [0.3, 0.4) is 0 Å². The second kappa shape index (κ2) is 7.46. The molecule has 0 bridgehead atoms. The third-order valence-corrected chi connectivity index (χ3v) is 4.05. The molecule has 1 saturated heterocycles. The number of nitrogens with zero attached hydrogens (tertiary/aromatic N) is 1. The Hall–Kier alpha value is -1.55. The summed E-state index contributed by atoms with van der Waals surface area (Å²) in [6.45, 7) is 8.16. The standard InChI is InChI=1S/C17H26N2O2/c1-4-21-17(20)19-10-8-16(9-11-19)18-14(3)15-7-5-6-13(2)12-15/h5-7,12,14,16,18H,4,8-11H2,1-3H3/t14-/m1/s1. The van der Waals surface area contributed by atoms with Crippen molar-refractivity contribution in [3.8, 4) is 0 Å². The van der Waals surface area contributed by atoms with E-state index in [-0.39, 0.29) is 6.09 Å². The third-order valence-electron chi connectivity index (χ3n) is 4.05. The van der Waals surface area contributed by atoms with Gasteiger partial charge in [-0.15, -0.1) is 0 Å². The van der Waals surface area contributed by atoms with Crippen LogP contribution in [0.15, 0.2) is 24.3 Å². The van der Waals surface area contributed by atoms with E-state index in [2.05, 4.69) is 43.4 Å². The predicted octanol–water partition coefficient (Wildman–Crippen LogP) is 3.27. The van der Waals surface area contributed by atoms with Gasteiger partial charge in [-0.3, -0.25) is 0 Å². The Labute approximate surface area is 127 Å². The summed E-state index contributed by atoms with van der Waals surface area (Å²) in [5.74, 6) is 0. The van der Waals surface area contributed by atoms with E-state index < -0.39 is 0 Å². The minimum absolute atomic E-state index is 0.178. The molecule has 1 N–H and O–H groups in total. The van der Waals surface area contributed by atoms with Crippen LogP contribution in [0.1, 0.15) is 43.9 Å². The molecular formula is C17H26N2O2. The molecule has 1 aromatic rings. The summed E-state index contributed by atoms with van der Waals surface area (Å²) < 4.78 is 5.05. The third kappa shape index (κ3) is 4.46. The molecule has 1 heterocycles. The summed E-state index contributed by atoms with van der Waals surface area (Å²) in [6.07, 6.45) is 1.78. The number of carbonyl (C=O) groups excluding carboxylic acids is 1. The Balaban J connectivity index is 1.82. The first-order chi connectivity index (χ1) is 10.1. The van der Waals surface area contributed by atoms with E-state index in [1.165, 1.54) is 11.1 Å². The molecule has 0 saturated carbocycles. The second-order valence-corrected chi connectivity index (χ2v) is 5.76. The number of ether oxygens (including phenoxy) is 1. The number of amides is 1. The van der Waals surface area contributed by atoms with E-state index in [0.717, 1.165) is 25.9 Å². The summed E-state index contributed by atoms with van der Waals surface area (Å²) in [5.41, 5.74) is 2.61. The molecular weight excluding hydrogens is 264 g/mol. The van der Waals surface area contributed by atoms with Crippen molar-refractivity contribution in [3.05, 3.63) is 35.4 Å². The van der Waals surface area contributed by atoms with Crippen LogP contribution in [0.4, 0.5) is 4.79 Å². The first-order valence-corrected chi connectivity index (χ1v) is 7.84. The molecule has 21 heavy (non-hydrogen) atoms. The Morgan fingerprint density at radius 1 is 1.43 bits per heavy atom. The van der Waals surface area contributed by atoms with Gasteiger partial charge in [-0.2, -0.15) is 0 Å². The van der Waals surface area contributed by atoms with E-state index in [0.29, 0.717) is 18.7 Å². The van der Waals surface area contributed by atoms with Gasteiger partial charge in [-0.1, -0.05) is 29.8 Å². The van der Waals surface area contributed by atoms with Gasteiger partial charge in [0.1, 0.15) is 0 Å². The van der Waals surface area contributed by atoms with E-state index in [9.17, 15) is 4.79 Å². The molecule has 1 aliphatic rings. The summed E-state index contributed by atoms with van der Waals surface area (Å²) in [7, 11) is 0. The highest BCUT2D eigenvalue weighted by Gasteiger charge is 2.24. The van der Waals surface area contributed by atoms with Crippen LogP contribution in [0, 0.1) is 6.92 Å². The fourth-order valence-electron chi connectivity index (χ4n) is 2.83. The van der Waals surface area contributed by atoms with Crippen molar-refractivity contribution in [1.29, 1.82) is 0 Å². The minimum atomic E-state index is -0.178. The number of carbonyl (C=O) groups is 1. The lowest BCUT2D eigenvalue weighted by molar-refractivity contribution is 0.0943. The first-order valence-electron chi connectivity index (χ1n) is 7.84. The molecule has 0 spiro atoms. The van der Waals surface area contributed by atoms with Crippen LogP contribution in [0.25, 0.3) is 0 Å². The molecule has 2 rings (SSSR count). The number of nitrogens with one attached hydrogen (secondary N) is 1. The van der Waals surface area contributed by atoms with Crippen LogP contribution in [-0.2, 0) is 4.74 Å². The molecule has 4 heteroatoms. The molecule has 0 aromatic heterocycles. The number of hydrogen-bond donors (Lipinski definition) is 1. The van der Waals surface area contributed by atoms with Crippen LogP contribution >= 0.6 is 0 Å². The van der Waals surface area contributed by atoms with E-state index in [4.69, 9.17) is 4.74 Å². The molecule has 1 aliphatic heterocycles. The van der Waals surface area contributed by atoms with Gasteiger partial charge in [0.15, 0.2) is 0 Å². The summed E-state index contributed by atoms with van der Waals surface area (Å²) in [4.78, 5) is 13.5. The first kappa shape index (κ1) is 15.8. The number of likely N-dealkylation sites (tertiary alicyclic amines) is 1. The van der Waals surface area contributed by atoms with Crippen molar-refractivity contribution < 1.29 is 9.53 Å². The molecule has 1 atom stereocenters. The van der Waals surface area contributed by atoms with Crippen molar-refractivity contribution in [2.45, 2.75) is 45.7 Å². The average Bonchev–Trinajstić information content (AvgIpc) is 2.48. The maximum Gasteiger partial charge on any atom is 0.409 e. The molecule has 4 nitrogen and oxygen atoms in total. The van der Waals surface area contributed by atoms with Crippen molar-refractivity contribution in [2.75, 3.05) is 19.7 Å². The van der Waals surface area contributed by atoms with E-state index in [1.54, 1.807) is 4.90 Å². The maximum absolute atomic E-state index is 11.7. The van der Waals surface area contributed by atoms with Crippen molar-refractivity contribution in [3.63, 3.8) is 0 Å². The minimum Gasteiger partial charge on any atom is -0.450 e. The number of rotatable bonds is 4. The quantitative estimate of drug-likeness (QED) is 0.925. The lowest BCUT2D eigenvalue weighted by Gasteiger charge is -2.33. The Kier molecular flexibility index (Phi) is 5.62. The largest absolute Gasteiger partial charge is 0.450 e. The Bertz CT molecular complexity index is 468. The van der Waals surface area contributed by atoms with Crippen LogP contribution in [-0.4, -0.2) is 36.7 Å². The zero-order valence-electron chi connectivity index (χ0n) is 13.3. The summed E-state index contributed by atoms with van der Waals surface area (Å²) in [6, 6.07) is 9.42. The van der Waals surface area contributed by atoms with Gasteiger partial charge in [-0.05, 0) is 39.2 Å². The fraction of sp³-hybridized carbons (Fsp3) is 0.588. The summed E-state index contributed by atoms with van der Waals surface area (Å²) in [5, 5.41) is 3.68. The molecule has 1 amide bonds. The molecule has 1 fully saturated rings. The highest BCUT2D eigenvalue weighted by Crippen LogP contribution is 2.18. The maximum atomic E-state index is 11.7. The highest BCUT2D eigenvalue weighted by atomic mass is 16.6. The van der Waals surface area contributed by atoms with Crippen molar-refractivity contribution >= 4 is 6.09 Å². The van der Waals surface area contributed by atoms with Gasteiger partial charge in [0.25, 0.3) is 0 Å². The van der Waals surface area contributed by atoms with Gasteiger partial charge in [0.05, 0.1) is 6.61 Å². The Morgan fingerprint density at radius 2 is 2.14 bits per heavy atom. The van der Waals surface area contributed by atoms with Crippen LogP contribution in [0.2, 0.25) is 0 Å². The van der Waals surface area contributed by atoms with Gasteiger partial charge >= 0.3 is 6.09 Å². The second-order valence-electron chi connectivity index (χ2n) is 5.76. The van der Waals surface area contributed by atoms with Crippen LogP contribution in [0.5, 0.6) is 0 Å². The van der Waals surface area contributed by atoms with Gasteiger partial charge in [-0.25, -0.2) is 4.79 Å². The molecule has 0 unspecified atom stereocenters. The van der Waals surface area contributed by atoms with Gasteiger partial charge < -0.3 is 15.0 Å². The fourth-order valence-corrected chi connectivity index (χ4v) is 2.83. The molecule has 1 aromatic carbocycles. The lowest BCUT2D eigenvalue weighted by atomic mass is 10.0. The summed E-state index contributed by atoms with van der Waals surface area (Å²) >= 11 is 0. The smallest absolute Gasteiger partial charge is 0.409 e. The molecule has 0 radical (unpaired) electrons. The number of benzene rings is 1. The molecule has 116 valence electrons. The van der Waals surface area contributed by atoms with Crippen molar-refractivity contribution in [2.24, 2.45) is 0 Å². The number of hydrogen-bond acceptors (Lipinski definition) is 3. The average molecular weight is 290 g/mol. The van der Waals surface area contributed by atoms with Crippen molar-refractivity contribution in [1.82, 2.24) is 10.2 Å². The SMILES string of the molecule is CCOC(=O)N1CCC(N[C@H](C)c2cccc(C)c2)CC1. The lowest BCUT2D eigenvalue weighted by Crippen LogP contribution is -2.45. The zero-order valence-corrected chi connectivity index (χ0v) is 13.3.